The van der Waals surface area contributed by atoms with Gasteiger partial charge in [0.05, 0.1) is 24.8 Å². The molecule has 170 valence electrons. The minimum Gasteiger partial charge on any atom is -0.505 e. The average Bonchev–Trinajstić information content (AvgIpc) is 2.85. The summed E-state index contributed by atoms with van der Waals surface area (Å²) in [6.45, 7) is 0. The lowest BCUT2D eigenvalue weighted by Crippen LogP contribution is -2.14. The van der Waals surface area contributed by atoms with Crippen LogP contribution < -0.4 is 10.1 Å². The van der Waals surface area contributed by atoms with Crippen LogP contribution >= 0.6 is 0 Å². The molecule has 0 spiro atoms. The van der Waals surface area contributed by atoms with E-state index in [1.807, 2.05) is 18.2 Å². The van der Waals surface area contributed by atoms with Crippen molar-refractivity contribution in [1.82, 2.24) is 0 Å². The summed E-state index contributed by atoms with van der Waals surface area (Å²) in [7, 11) is 1.57. The number of rotatable bonds is 7. The summed E-state index contributed by atoms with van der Waals surface area (Å²) in [5.74, 6) is -0.803. The molecule has 4 aromatic rings. The van der Waals surface area contributed by atoms with Crippen molar-refractivity contribution in [3.8, 4) is 11.5 Å². The first-order chi connectivity index (χ1) is 16.4. The second-order valence-corrected chi connectivity index (χ2v) is 7.46. The fraction of sp³-hybridized carbons (Fsp3) is 0.0769. The van der Waals surface area contributed by atoms with E-state index in [2.05, 4.69) is 15.5 Å². The van der Waals surface area contributed by atoms with Crippen LogP contribution in [0.5, 0.6) is 11.5 Å². The predicted octanol–water partition coefficient (Wildman–Crippen LogP) is 5.85. The lowest BCUT2D eigenvalue weighted by Gasteiger charge is -2.11. The summed E-state index contributed by atoms with van der Waals surface area (Å²) < 4.78 is 5.12. The van der Waals surface area contributed by atoms with E-state index in [0.29, 0.717) is 28.1 Å². The molecule has 4 rings (SSSR count). The van der Waals surface area contributed by atoms with Gasteiger partial charge in [-0.1, -0.05) is 24.3 Å². The van der Waals surface area contributed by atoms with Crippen molar-refractivity contribution < 1.29 is 24.5 Å². The number of amides is 1. The Bertz CT molecular complexity index is 1380. The first-order valence-corrected chi connectivity index (χ1v) is 10.4. The Hall–Kier alpha value is -4.72. The number of nitrogens with zero attached hydrogens (tertiary/aromatic N) is 2. The van der Waals surface area contributed by atoms with E-state index in [0.717, 1.165) is 5.39 Å². The van der Waals surface area contributed by atoms with Gasteiger partial charge in [-0.3, -0.25) is 4.79 Å². The van der Waals surface area contributed by atoms with E-state index < -0.39 is 5.97 Å². The minimum absolute atomic E-state index is 0.0709. The molecule has 0 radical (unpaired) electrons. The number of carboxylic acid groups (broad SMARTS) is 1. The van der Waals surface area contributed by atoms with Crippen LogP contribution in [-0.2, 0) is 11.2 Å². The zero-order valence-electron chi connectivity index (χ0n) is 18.2. The molecule has 1 amide bonds. The molecule has 34 heavy (non-hydrogen) atoms. The molecule has 0 bridgehead atoms. The van der Waals surface area contributed by atoms with Gasteiger partial charge < -0.3 is 20.3 Å². The lowest BCUT2D eigenvalue weighted by atomic mass is 10.0. The third-order valence-electron chi connectivity index (χ3n) is 5.18. The highest BCUT2D eigenvalue weighted by molar-refractivity contribution is 5.99. The largest absolute Gasteiger partial charge is 0.505 e. The number of nitrogens with one attached hydrogen (secondary N) is 1. The lowest BCUT2D eigenvalue weighted by molar-refractivity contribution is -0.115. The summed E-state index contributed by atoms with van der Waals surface area (Å²) in [5.41, 5.74) is 1.80. The second-order valence-electron chi connectivity index (χ2n) is 7.46. The van der Waals surface area contributed by atoms with Crippen molar-refractivity contribution in [3.05, 3.63) is 90.0 Å². The van der Waals surface area contributed by atoms with Crippen LogP contribution in [0.2, 0.25) is 0 Å². The van der Waals surface area contributed by atoms with Crippen molar-refractivity contribution in [1.29, 1.82) is 0 Å². The first-order valence-electron chi connectivity index (χ1n) is 10.4. The molecule has 0 aliphatic heterocycles. The van der Waals surface area contributed by atoms with E-state index >= 15 is 0 Å². The molecule has 4 aromatic carbocycles. The number of hydrogen-bond acceptors (Lipinski definition) is 6. The summed E-state index contributed by atoms with van der Waals surface area (Å²) in [6.07, 6.45) is -0.0709. The molecule has 0 aromatic heterocycles. The third-order valence-corrected chi connectivity index (χ3v) is 5.18. The zero-order valence-corrected chi connectivity index (χ0v) is 18.2. The fourth-order valence-corrected chi connectivity index (χ4v) is 3.44. The fourth-order valence-electron chi connectivity index (χ4n) is 3.44. The molecular formula is C26H21N3O5. The van der Waals surface area contributed by atoms with Crippen molar-refractivity contribution >= 4 is 39.7 Å². The van der Waals surface area contributed by atoms with Crippen molar-refractivity contribution in [2.75, 3.05) is 12.4 Å². The van der Waals surface area contributed by atoms with Gasteiger partial charge in [-0.2, -0.15) is 5.11 Å². The van der Waals surface area contributed by atoms with Gasteiger partial charge in [0, 0.05) is 16.6 Å². The first kappa shape index (κ1) is 22.5. The van der Waals surface area contributed by atoms with Gasteiger partial charge in [0.2, 0.25) is 5.91 Å². The Morgan fingerprint density at radius 3 is 2.32 bits per heavy atom. The van der Waals surface area contributed by atoms with Crippen LogP contribution in [0.15, 0.2) is 89.1 Å². The number of carbonyl (C=O) groups excluding carboxylic acids is 1. The number of azo groups is 1. The maximum atomic E-state index is 12.6. The van der Waals surface area contributed by atoms with E-state index in [-0.39, 0.29) is 29.3 Å². The second kappa shape index (κ2) is 9.83. The number of hydrogen-bond donors (Lipinski definition) is 3. The Kier molecular flexibility index (Phi) is 6.49. The topological polar surface area (TPSA) is 121 Å². The van der Waals surface area contributed by atoms with Gasteiger partial charge in [-0.15, -0.1) is 5.11 Å². The summed E-state index contributed by atoms with van der Waals surface area (Å²) in [6, 6.07) is 21.9. The number of carboxylic acids is 1. The zero-order chi connectivity index (χ0) is 24.1. The molecule has 0 unspecified atom stereocenters. The number of fused-ring (bicyclic) bond motifs is 1. The van der Waals surface area contributed by atoms with E-state index in [4.69, 9.17) is 9.84 Å². The van der Waals surface area contributed by atoms with Crippen molar-refractivity contribution in [2.24, 2.45) is 10.2 Å². The van der Waals surface area contributed by atoms with Gasteiger partial charge in [0.1, 0.15) is 17.2 Å². The number of ether oxygens (including phenoxy) is 1. The molecule has 0 atom stereocenters. The average molecular weight is 455 g/mol. The number of phenols is 1. The van der Waals surface area contributed by atoms with E-state index in [9.17, 15) is 14.7 Å². The smallest absolute Gasteiger partial charge is 0.335 e. The standard InChI is InChI=1S/C26H21N3O5/c1-34-21-12-10-19(11-13-21)27-23(30)15-18-14-17-4-2-3-5-22(17)24(25(18)31)29-28-20-8-6-16(7-9-20)26(32)33/h2-14,31H,15H2,1H3,(H,27,30)(H,32,33). The molecule has 8 nitrogen and oxygen atoms in total. The highest BCUT2D eigenvalue weighted by atomic mass is 16.5. The summed E-state index contributed by atoms with van der Waals surface area (Å²) in [4.78, 5) is 23.7. The van der Waals surface area contributed by atoms with Crippen molar-refractivity contribution in [2.45, 2.75) is 6.42 Å². The number of anilines is 1. The van der Waals surface area contributed by atoms with Crippen LogP contribution in [0.25, 0.3) is 10.8 Å². The molecule has 8 heteroatoms. The van der Waals surface area contributed by atoms with Crippen LogP contribution in [0, 0.1) is 0 Å². The predicted molar refractivity (Wildman–Crippen MR) is 129 cm³/mol. The van der Waals surface area contributed by atoms with E-state index in [1.165, 1.54) is 24.3 Å². The van der Waals surface area contributed by atoms with Crippen LogP contribution in [-0.4, -0.2) is 29.2 Å². The van der Waals surface area contributed by atoms with Gasteiger partial charge >= 0.3 is 5.97 Å². The van der Waals surface area contributed by atoms with Crippen molar-refractivity contribution in [3.63, 3.8) is 0 Å². The molecule has 0 aliphatic rings. The Morgan fingerprint density at radius 2 is 1.65 bits per heavy atom. The van der Waals surface area contributed by atoms with Crippen LogP contribution in [0.1, 0.15) is 15.9 Å². The van der Waals surface area contributed by atoms with Gasteiger partial charge in [-0.25, -0.2) is 4.79 Å². The third kappa shape index (κ3) is 5.02. The molecular weight excluding hydrogens is 434 g/mol. The Morgan fingerprint density at radius 1 is 0.941 bits per heavy atom. The number of aromatic hydroxyl groups is 1. The van der Waals surface area contributed by atoms with Crippen LogP contribution in [0.3, 0.4) is 0 Å². The quantitative estimate of drug-likeness (QED) is 0.302. The molecule has 0 aliphatic carbocycles. The summed E-state index contributed by atoms with van der Waals surface area (Å²) >= 11 is 0. The number of phenolic OH excluding ortho intramolecular Hbond substituents is 1. The maximum Gasteiger partial charge on any atom is 0.335 e. The highest BCUT2D eigenvalue weighted by Gasteiger charge is 2.16. The molecule has 0 saturated heterocycles. The molecule has 0 saturated carbocycles. The van der Waals surface area contributed by atoms with Gasteiger partial charge in [0.25, 0.3) is 0 Å². The number of methoxy groups -OCH3 is 1. The van der Waals surface area contributed by atoms with E-state index in [1.54, 1.807) is 43.5 Å². The van der Waals surface area contributed by atoms with Gasteiger partial charge in [0.15, 0.2) is 0 Å². The Balaban J connectivity index is 1.62. The van der Waals surface area contributed by atoms with Crippen LogP contribution in [0.4, 0.5) is 17.1 Å². The molecule has 0 heterocycles. The molecule has 3 N–H and O–H groups in total. The monoisotopic (exact) mass is 455 g/mol. The normalized spacial score (nSPS) is 11.0. The highest BCUT2D eigenvalue weighted by Crippen LogP contribution is 2.39. The number of aromatic carboxylic acids is 1. The number of carbonyl (C=O) groups is 2. The summed E-state index contributed by atoms with van der Waals surface area (Å²) in [5, 5.41) is 32.6. The Labute approximate surface area is 195 Å². The minimum atomic E-state index is -1.03. The maximum absolute atomic E-state index is 12.6. The SMILES string of the molecule is COc1ccc(NC(=O)Cc2cc3ccccc3c(N=Nc3ccc(C(=O)O)cc3)c2O)cc1. The molecule has 0 fully saturated rings. The van der Waals surface area contributed by atoms with Gasteiger partial charge in [-0.05, 0) is 60.0 Å². The number of benzene rings is 4.